The van der Waals surface area contributed by atoms with Crippen molar-refractivity contribution < 1.29 is 9.90 Å². The Bertz CT molecular complexity index is 1140. The van der Waals surface area contributed by atoms with E-state index in [9.17, 15) is 9.90 Å². The van der Waals surface area contributed by atoms with Crippen LogP contribution in [0.4, 0.5) is 0 Å². The van der Waals surface area contributed by atoms with Crippen LogP contribution in [-0.4, -0.2) is 38.5 Å². The van der Waals surface area contributed by atoms with Crippen LogP contribution < -0.4 is 0 Å². The molecule has 5 rings (SSSR count). The number of thiazole rings is 1. The number of hydrogen-bond donors (Lipinski definition) is 1. The van der Waals surface area contributed by atoms with Gasteiger partial charge in [-0.1, -0.05) is 24.3 Å². The van der Waals surface area contributed by atoms with Crippen molar-refractivity contribution in [1.29, 1.82) is 0 Å². The molecule has 1 aliphatic rings. The number of carbonyl (C=O) groups is 1. The molecule has 28 heavy (non-hydrogen) atoms. The van der Waals surface area contributed by atoms with E-state index in [0.717, 1.165) is 44.5 Å². The molecule has 3 heterocycles. The van der Waals surface area contributed by atoms with Crippen molar-refractivity contribution in [1.82, 2.24) is 14.9 Å². The Balaban J connectivity index is 1.67. The number of likely N-dealkylation sites (tertiary alicyclic amines) is 1. The Morgan fingerprint density at radius 3 is 2.93 bits per heavy atom. The molecule has 1 N–H and O–H groups in total. The third-order valence-electron chi connectivity index (χ3n) is 5.44. The van der Waals surface area contributed by atoms with Gasteiger partial charge in [-0.25, -0.2) is 4.98 Å². The van der Waals surface area contributed by atoms with Gasteiger partial charge in [0, 0.05) is 24.3 Å². The lowest BCUT2D eigenvalue weighted by molar-refractivity contribution is -0.142. The van der Waals surface area contributed by atoms with Gasteiger partial charge in [0.15, 0.2) is 0 Å². The number of benzene rings is 2. The quantitative estimate of drug-likeness (QED) is 0.557. The van der Waals surface area contributed by atoms with Crippen LogP contribution in [0.15, 0.2) is 60.9 Å². The maximum atomic E-state index is 11.9. The molecule has 1 saturated heterocycles. The van der Waals surface area contributed by atoms with Gasteiger partial charge in [0.25, 0.3) is 0 Å². The van der Waals surface area contributed by atoms with Gasteiger partial charge in [0.05, 0.1) is 16.3 Å². The summed E-state index contributed by atoms with van der Waals surface area (Å²) in [4.78, 5) is 23.1. The van der Waals surface area contributed by atoms with Crippen LogP contribution in [0.3, 0.4) is 0 Å². The summed E-state index contributed by atoms with van der Waals surface area (Å²) in [6.45, 7) is 0.756. The smallest absolute Gasteiger partial charge is 0.320 e. The van der Waals surface area contributed by atoms with E-state index in [0.29, 0.717) is 6.42 Å². The normalized spacial score (nSPS) is 18.6. The molecule has 0 amide bonds. The largest absolute Gasteiger partial charge is 0.480 e. The third-order valence-corrected chi connectivity index (χ3v) is 6.52. The van der Waals surface area contributed by atoms with Gasteiger partial charge in [-0.2, -0.15) is 0 Å². The van der Waals surface area contributed by atoms with Gasteiger partial charge in [-0.3, -0.25) is 14.7 Å². The second kappa shape index (κ2) is 6.96. The summed E-state index contributed by atoms with van der Waals surface area (Å²) in [5.41, 5.74) is 2.04. The van der Waals surface area contributed by atoms with Gasteiger partial charge in [-0.15, -0.1) is 11.3 Å². The molecule has 2 aromatic heterocycles. The number of aliphatic carboxylic acids is 1. The lowest BCUT2D eigenvalue weighted by Gasteiger charge is -2.30. The van der Waals surface area contributed by atoms with Gasteiger partial charge < -0.3 is 5.11 Å². The molecule has 0 spiro atoms. The first-order chi connectivity index (χ1) is 13.7. The van der Waals surface area contributed by atoms with Crippen LogP contribution in [0.5, 0.6) is 0 Å². The second-order valence-electron chi connectivity index (χ2n) is 7.14. The van der Waals surface area contributed by atoms with Crippen LogP contribution in [-0.2, 0) is 4.79 Å². The number of para-hydroxylation sites is 1. The van der Waals surface area contributed by atoms with Gasteiger partial charge in [0.2, 0.25) is 0 Å². The van der Waals surface area contributed by atoms with Crippen molar-refractivity contribution >= 4 is 38.3 Å². The number of aromatic nitrogens is 2. The van der Waals surface area contributed by atoms with Crippen LogP contribution in [0.1, 0.15) is 29.5 Å². The van der Waals surface area contributed by atoms with Gasteiger partial charge in [0.1, 0.15) is 11.0 Å². The number of pyridine rings is 1. The van der Waals surface area contributed by atoms with Gasteiger partial charge in [-0.05, 0) is 48.1 Å². The van der Waals surface area contributed by atoms with E-state index in [-0.39, 0.29) is 6.04 Å². The highest BCUT2D eigenvalue weighted by molar-refractivity contribution is 7.18. The molecule has 1 fully saturated rings. The molecule has 2 aromatic carbocycles. The highest BCUT2D eigenvalue weighted by atomic mass is 32.1. The van der Waals surface area contributed by atoms with E-state index >= 15 is 0 Å². The molecule has 0 radical (unpaired) electrons. The molecular formula is C22H19N3O2S. The molecule has 6 heteroatoms. The number of nitrogens with zero attached hydrogens (tertiary/aromatic N) is 3. The van der Waals surface area contributed by atoms with Crippen LogP contribution in [0.2, 0.25) is 0 Å². The summed E-state index contributed by atoms with van der Waals surface area (Å²) < 4.78 is 1.12. The van der Waals surface area contributed by atoms with E-state index in [1.807, 2.05) is 30.5 Å². The summed E-state index contributed by atoms with van der Waals surface area (Å²) in [5, 5.41) is 12.9. The first kappa shape index (κ1) is 17.3. The fraction of sp³-hybridized carbons (Fsp3) is 0.227. The Labute approximate surface area is 166 Å². The zero-order valence-corrected chi connectivity index (χ0v) is 16.0. The summed E-state index contributed by atoms with van der Waals surface area (Å²) in [6.07, 6.45) is 5.19. The molecule has 140 valence electrons. The molecule has 2 atom stereocenters. The van der Waals surface area contributed by atoms with Crippen molar-refractivity contribution in [3.8, 4) is 0 Å². The molecule has 5 nitrogen and oxygen atoms in total. The predicted octanol–water partition coefficient (Wildman–Crippen LogP) is 4.48. The standard InChI is InChI=1S/C22H19N3O2S/c26-22(27)18-5-3-11-25(18)20(21-24-17-4-1-2-6-19(17)28-21)15-7-8-16-13-23-10-9-14(16)12-15/h1-2,4,6-10,12-13,18,20H,3,5,11H2,(H,26,27). The van der Waals surface area contributed by atoms with Crippen molar-refractivity contribution in [2.45, 2.75) is 24.9 Å². The molecule has 2 unspecified atom stereocenters. The Kier molecular flexibility index (Phi) is 4.30. The van der Waals surface area contributed by atoms with Crippen LogP contribution in [0.25, 0.3) is 21.0 Å². The lowest BCUT2D eigenvalue weighted by atomic mass is 10.0. The summed E-state index contributed by atoms with van der Waals surface area (Å²) in [7, 11) is 0. The second-order valence-corrected chi connectivity index (χ2v) is 8.20. The summed E-state index contributed by atoms with van der Waals surface area (Å²) >= 11 is 1.65. The highest BCUT2D eigenvalue weighted by Crippen LogP contribution is 2.39. The first-order valence-electron chi connectivity index (χ1n) is 9.38. The topological polar surface area (TPSA) is 66.3 Å². The number of carboxylic acids is 1. The number of fused-ring (bicyclic) bond motifs is 2. The Morgan fingerprint density at radius 1 is 1.18 bits per heavy atom. The van der Waals surface area contributed by atoms with Gasteiger partial charge >= 0.3 is 5.97 Å². The molecule has 0 saturated carbocycles. The Morgan fingerprint density at radius 2 is 2.07 bits per heavy atom. The predicted molar refractivity (Wildman–Crippen MR) is 111 cm³/mol. The minimum absolute atomic E-state index is 0.168. The number of rotatable bonds is 4. The molecule has 1 aliphatic heterocycles. The fourth-order valence-electron chi connectivity index (χ4n) is 4.12. The average molecular weight is 389 g/mol. The van der Waals surface area contributed by atoms with Crippen LogP contribution >= 0.6 is 11.3 Å². The molecule has 0 bridgehead atoms. The molecule has 4 aromatic rings. The van der Waals surface area contributed by atoms with E-state index in [1.165, 1.54) is 0 Å². The Hall–Kier alpha value is -2.83. The first-order valence-corrected chi connectivity index (χ1v) is 10.2. The van der Waals surface area contributed by atoms with E-state index in [2.05, 4.69) is 34.1 Å². The van der Waals surface area contributed by atoms with Crippen molar-refractivity contribution in [3.05, 3.63) is 71.5 Å². The van der Waals surface area contributed by atoms with E-state index in [4.69, 9.17) is 4.98 Å². The summed E-state index contributed by atoms with van der Waals surface area (Å²) in [6, 6.07) is 15.7. The van der Waals surface area contributed by atoms with Crippen molar-refractivity contribution in [2.24, 2.45) is 0 Å². The summed E-state index contributed by atoms with van der Waals surface area (Å²) in [5.74, 6) is -0.756. The minimum atomic E-state index is -0.756. The van der Waals surface area contributed by atoms with Crippen LogP contribution in [0, 0.1) is 0 Å². The number of carboxylic acid groups (broad SMARTS) is 1. The average Bonchev–Trinajstić information content (AvgIpc) is 3.35. The maximum Gasteiger partial charge on any atom is 0.320 e. The van der Waals surface area contributed by atoms with Crippen molar-refractivity contribution in [3.63, 3.8) is 0 Å². The third kappa shape index (κ3) is 2.95. The maximum absolute atomic E-state index is 11.9. The fourth-order valence-corrected chi connectivity index (χ4v) is 5.24. The number of hydrogen-bond acceptors (Lipinski definition) is 5. The molecule has 0 aliphatic carbocycles. The monoisotopic (exact) mass is 389 g/mol. The molecular weight excluding hydrogens is 370 g/mol. The SMILES string of the molecule is O=C(O)C1CCCN1C(c1ccc2cnccc2c1)c1nc2ccccc2s1. The minimum Gasteiger partial charge on any atom is -0.480 e. The zero-order chi connectivity index (χ0) is 19.1. The van der Waals surface area contributed by atoms with Crippen molar-refractivity contribution in [2.75, 3.05) is 6.54 Å². The lowest BCUT2D eigenvalue weighted by Crippen LogP contribution is -2.39. The highest BCUT2D eigenvalue weighted by Gasteiger charge is 2.38. The van der Waals surface area contributed by atoms with E-state index in [1.54, 1.807) is 17.5 Å². The zero-order valence-electron chi connectivity index (χ0n) is 15.2. The van der Waals surface area contributed by atoms with E-state index < -0.39 is 12.0 Å².